The van der Waals surface area contributed by atoms with E-state index in [0.717, 1.165) is 29.8 Å². The zero-order valence-electron chi connectivity index (χ0n) is 13.5. The molecule has 2 rings (SSSR count). The van der Waals surface area contributed by atoms with Crippen molar-refractivity contribution in [2.24, 2.45) is 0 Å². The smallest absolute Gasteiger partial charge is 0.341 e. The lowest BCUT2D eigenvalue weighted by atomic mass is 10.1. The number of fused-ring (bicyclic) bond motifs is 1. The van der Waals surface area contributed by atoms with Crippen molar-refractivity contribution in [3.63, 3.8) is 0 Å². The number of hydrogen-bond donors (Lipinski definition) is 2. The minimum Gasteiger partial charge on any atom is -0.462 e. The molecule has 1 aromatic rings. The Labute approximate surface area is 141 Å². The number of thiocarbonyl (C=S) groups is 1. The van der Waals surface area contributed by atoms with Crippen LogP contribution >= 0.6 is 23.6 Å². The summed E-state index contributed by atoms with van der Waals surface area (Å²) in [7, 11) is 0. The zero-order chi connectivity index (χ0) is 16.1. The van der Waals surface area contributed by atoms with Gasteiger partial charge in [-0.2, -0.15) is 0 Å². The first-order valence-corrected chi connectivity index (χ1v) is 9.14. The molecule has 0 amide bonds. The third-order valence-electron chi connectivity index (χ3n) is 3.55. The summed E-state index contributed by atoms with van der Waals surface area (Å²) in [5, 5.41) is 7.73. The second kappa shape index (κ2) is 7.92. The molecule has 0 saturated heterocycles. The van der Waals surface area contributed by atoms with Crippen molar-refractivity contribution in [1.82, 2.24) is 5.32 Å². The molecule has 6 heteroatoms. The second-order valence-corrected chi connectivity index (χ2v) is 7.26. The maximum Gasteiger partial charge on any atom is 0.341 e. The highest BCUT2D eigenvalue weighted by molar-refractivity contribution is 7.80. The molecular formula is C16H24N2O2S2. The molecule has 0 saturated carbocycles. The maximum atomic E-state index is 12.4. The Morgan fingerprint density at radius 2 is 2.05 bits per heavy atom. The molecule has 0 fully saturated rings. The van der Waals surface area contributed by atoms with Crippen molar-refractivity contribution >= 4 is 39.6 Å². The highest BCUT2D eigenvalue weighted by Crippen LogP contribution is 2.37. The normalized spacial score (nSPS) is 14.2. The molecule has 0 aliphatic heterocycles. The Kier molecular flexibility index (Phi) is 6.20. The van der Waals surface area contributed by atoms with Crippen LogP contribution in [0.4, 0.5) is 5.00 Å². The average Bonchev–Trinajstić information content (AvgIpc) is 2.60. The SMILES string of the molecule is CCOC(=O)c1c(NC(=S)NC(C)C)sc2c1CCCCC2. The highest BCUT2D eigenvalue weighted by atomic mass is 32.1. The minimum absolute atomic E-state index is 0.239. The molecule has 0 atom stereocenters. The van der Waals surface area contributed by atoms with Crippen LogP contribution in [0.2, 0.25) is 0 Å². The topological polar surface area (TPSA) is 50.4 Å². The van der Waals surface area contributed by atoms with Gasteiger partial charge in [0.25, 0.3) is 0 Å². The molecule has 0 spiro atoms. The van der Waals surface area contributed by atoms with Gasteiger partial charge in [0.15, 0.2) is 5.11 Å². The maximum absolute atomic E-state index is 12.4. The van der Waals surface area contributed by atoms with E-state index in [4.69, 9.17) is 17.0 Å². The van der Waals surface area contributed by atoms with Crippen molar-refractivity contribution in [1.29, 1.82) is 0 Å². The van der Waals surface area contributed by atoms with Crippen molar-refractivity contribution in [2.45, 2.75) is 58.9 Å². The number of ether oxygens (including phenoxy) is 1. The van der Waals surface area contributed by atoms with Gasteiger partial charge >= 0.3 is 5.97 Å². The lowest BCUT2D eigenvalue weighted by Gasteiger charge is -2.13. The van der Waals surface area contributed by atoms with Gasteiger partial charge < -0.3 is 15.4 Å². The molecule has 2 N–H and O–H groups in total. The van der Waals surface area contributed by atoms with Gasteiger partial charge in [0.2, 0.25) is 0 Å². The van der Waals surface area contributed by atoms with E-state index in [9.17, 15) is 4.79 Å². The number of rotatable bonds is 4. The van der Waals surface area contributed by atoms with Crippen LogP contribution in [0.1, 0.15) is 60.8 Å². The molecule has 4 nitrogen and oxygen atoms in total. The number of hydrogen-bond acceptors (Lipinski definition) is 4. The second-order valence-electron chi connectivity index (χ2n) is 5.74. The first-order valence-electron chi connectivity index (χ1n) is 7.92. The van der Waals surface area contributed by atoms with Crippen molar-refractivity contribution in [3.05, 3.63) is 16.0 Å². The van der Waals surface area contributed by atoms with Crippen LogP contribution in [0.25, 0.3) is 0 Å². The third kappa shape index (κ3) is 4.20. The Balaban J connectivity index is 2.31. The Morgan fingerprint density at radius 1 is 1.32 bits per heavy atom. The fourth-order valence-corrected chi connectivity index (χ4v) is 4.34. The van der Waals surface area contributed by atoms with E-state index in [0.29, 0.717) is 17.3 Å². The van der Waals surface area contributed by atoms with Gasteiger partial charge in [-0.05, 0) is 64.2 Å². The van der Waals surface area contributed by atoms with Gasteiger partial charge in [-0.25, -0.2) is 4.79 Å². The molecule has 0 unspecified atom stereocenters. The van der Waals surface area contributed by atoms with E-state index in [1.807, 2.05) is 20.8 Å². The fourth-order valence-electron chi connectivity index (χ4n) is 2.65. The van der Waals surface area contributed by atoms with Crippen molar-refractivity contribution < 1.29 is 9.53 Å². The number of nitrogens with one attached hydrogen (secondary N) is 2. The van der Waals surface area contributed by atoms with Crippen LogP contribution in [-0.4, -0.2) is 23.7 Å². The predicted octanol–water partition coefficient (Wildman–Crippen LogP) is 3.89. The van der Waals surface area contributed by atoms with Crippen LogP contribution < -0.4 is 10.6 Å². The number of esters is 1. The molecule has 1 heterocycles. The van der Waals surface area contributed by atoms with Gasteiger partial charge in [0.1, 0.15) is 5.00 Å². The van der Waals surface area contributed by atoms with Gasteiger partial charge in [-0.1, -0.05) is 6.42 Å². The van der Waals surface area contributed by atoms with Crippen LogP contribution in [0, 0.1) is 0 Å². The van der Waals surface area contributed by atoms with Crippen molar-refractivity contribution in [2.75, 3.05) is 11.9 Å². The zero-order valence-corrected chi connectivity index (χ0v) is 15.1. The van der Waals surface area contributed by atoms with E-state index in [1.54, 1.807) is 11.3 Å². The van der Waals surface area contributed by atoms with E-state index in [2.05, 4.69) is 10.6 Å². The first-order chi connectivity index (χ1) is 10.5. The molecular weight excluding hydrogens is 316 g/mol. The molecule has 1 aliphatic carbocycles. The Hall–Kier alpha value is -1.14. The Bertz CT molecular complexity index is 553. The van der Waals surface area contributed by atoms with Crippen molar-refractivity contribution in [3.8, 4) is 0 Å². The van der Waals surface area contributed by atoms with E-state index in [-0.39, 0.29) is 12.0 Å². The van der Waals surface area contributed by atoms with Gasteiger partial charge in [0, 0.05) is 10.9 Å². The number of anilines is 1. The summed E-state index contributed by atoms with van der Waals surface area (Å²) >= 11 is 6.97. The lowest BCUT2D eigenvalue weighted by Crippen LogP contribution is -2.34. The summed E-state index contributed by atoms with van der Waals surface area (Å²) in [6.45, 7) is 6.28. The summed E-state index contributed by atoms with van der Waals surface area (Å²) in [6.07, 6.45) is 5.53. The number of carbonyl (C=O) groups excluding carboxylic acids is 1. The monoisotopic (exact) mass is 340 g/mol. The standard InChI is InChI=1S/C16H24N2O2S2/c1-4-20-15(19)13-11-8-6-5-7-9-12(11)22-14(13)18-16(21)17-10(2)3/h10H,4-9H2,1-3H3,(H2,17,18,21). The number of aryl methyl sites for hydroxylation is 1. The van der Waals surface area contributed by atoms with E-state index < -0.39 is 0 Å². The molecule has 0 aromatic carbocycles. The lowest BCUT2D eigenvalue weighted by molar-refractivity contribution is 0.0527. The van der Waals surface area contributed by atoms with Crippen LogP contribution in [0.5, 0.6) is 0 Å². The van der Waals surface area contributed by atoms with Crippen LogP contribution in [0.15, 0.2) is 0 Å². The number of carbonyl (C=O) groups is 1. The molecule has 1 aliphatic rings. The Morgan fingerprint density at radius 3 is 2.73 bits per heavy atom. The molecule has 122 valence electrons. The minimum atomic E-state index is -0.239. The van der Waals surface area contributed by atoms with Gasteiger partial charge in [-0.15, -0.1) is 11.3 Å². The molecule has 22 heavy (non-hydrogen) atoms. The van der Waals surface area contributed by atoms with Crippen LogP contribution in [-0.2, 0) is 17.6 Å². The van der Waals surface area contributed by atoms with Crippen LogP contribution in [0.3, 0.4) is 0 Å². The quantitative estimate of drug-likeness (QED) is 0.495. The summed E-state index contributed by atoms with van der Waals surface area (Å²) in [5.41, 5.74) is 1.85. The average molecular weight is 341 g/mol. The van der Waals surface area contributed by atoms with Gasteiger partial charge in [0.05, 0.1) is 12.2 Å². The summed E-state index contributed by atoms with van der Waals surface area (Å²) < 4.78 is 5.26. The summed E-state index contributed by atoms with van der Waals surface area (Å²) in [6, 6.07) is 0.254. The molecule has 0 radical (unpaired) electrons. The van der Waals surface area contributed by atoms with E-state index in [1.165, 1.54) is 17.7 Å². The molecule has 1 aromatic heterocycles. The number of thiophene rings is 1. The summed E-state index contributed by atoms with van der Waals surface area (Å²) in [5.74, 6) is -0.239. The third-order valence-corrected chi connectivity index (χ3v) is 4.97. The fraction of sp³-hybridized carbons (Fsp3) is 0.625. The first kappa shape index (κ1) is 17.2. The summed E-state index contributed by atoms with van der Waals surface area (Å²) in [4.78, 5) is 13.7. The van der Waals surface area contributed by atoms with Gasteiger partial charge in [-0.3, -0.25) is 0 Å². The highest BCUT2D eigenvalue weighted by Gasteiger charge is 2.26. The largest absolute Gasteiger partial charge is 0.462 e. The van der Waals surface area contributed by atoms with E-state index >= 15 is 0 Å². The predicted molar refractivity (Wildman–Crippen MR) is 96.0 cm³/mol. The molecule has 0 bridgehead atoms.